The van der Waals surface area contributed by atoms with E-state index in [9.17, 15) is 13.2 Å². The highest BCUT2D eigenvalue weighted by Gasteiger charge is 2.44. The van der Waals surface area contributed by atoms with Crippen LogP contribution in [-0.2, 0) is 26.7 Å². The average molecular weight is 364 g/mol. The molecule has 1 aliphatic carbocycles. The number of fused-ring (bicyclic) bond motifs is 1. The summed E-state index contributed by atoms with van der Waals surface area (Å²) in [5, 5.41) is 0.496. The lowest BCUT2D eigenvalue weighted by molar-refractivity contribution is -0.124. The lowest BCUT2D eigenvalue weighted by Gasteiger charge is -2.25. The Hall–Kier alpha value is -1.85. The minimum atomic E-state index is -3.92. The Kier molecular flexibility index (Phi) is 4.18. The van der Waals surface area contributed by atoms with Crippen LogP contribution in [0, 0.1) is 6.92 Å². The molecule has 0 spiro atoms. The van der Waals surface area contributed by atoms with Crippen molar-refractivity contribution < 1.29 is 13.2 Å². The molecular formula is C18H18ClNO3S. The van der Waals surface area contributed by atoms with Gasteiger partial charge in [-0.1, -0.05) is 41.9 Å². The fourth-order valence-corrected chi connectivity index (χ4v) is 5.01. The molecule has 1 amide bonds. The SMILES string of the molecule is Cc1ccccc1S(=O)(=O)NC(=O)C1(C)CCc2cccc(Cl)c21. The van der Waals surface area contributed by atoms with E-state index in [1.165, 1.54) is 6.07 Å². The number of amides is 1. The van der Waals surface area contributed by atoms with Gasteiger partial charge in [0.25, 0.3) is 10.0 Å². The van der Waals surface area contributed by atoms with Crippen LogP contribution in [0.3, 0.4) is 0 Å². The number of aryl methyl sites for hydroxylation is 2. The van der Waals surface area contributed by atoms with Gasteiger partial charge in [0.1, 0.15) is 0 Å². The second-order valence-electron chi connectivity index (χ2n) is 6.31. The summed E-state index contributed by atoms with van der Waals surface area (Å²) in [6.07, 6.45) is 1.23. The Labute approximate surface area is 146 Å². The van der Waals surface area contributed by atoms with Crippen molar-refractivity contribution in [2.24, 2.45) is 0 Å². The number of benzene rings is 2. The fourth-order valence-electron chi connectivity index (χ4n) is 3.28. The standard InChI is InChI=1S/C18H18ClNO3S/c1-12-6-3-4-9-15(12)24(22,23)20-17(21)18(2)11-10-13-7-5-8-14(19)16(13)18/h3-9H,10-11H2,1-2H3,(H,20,21). The Morgan fingerprint density at radius 1 is 1.17 bits per heavy atom. The topological polar surface area (TPSA) is 63.2 Å². The van der Waals surface area contributed by atoms with Gasteiger partial charge in [-0.05, 0) is 55.5 Å². The maximum absolute atomic E-state index is 12.8. The number of carbonyl (C=O) groups excluding carboxylic acids is 1. The van der Waals surface area contributed by atoms with Gasteiger partial charge in [0, 0.05) is 5.02 Å². The van der Waals surface area contributed by atoms with Crippen molar-refractivity contribution in [2.75, 3.05) is 0 Å². The summed E-state index contributed by atoms with van der Waals surface area (Å²) < 4.78 is 27.4. The zero-order valence-electron chi connectivity index (χ0n) is 13.5. The molecule has 0 radical (unpaired) electrons. The molecule has 1 atom stereocenters. The predicted molar refractivity (Wildman–Crippen MR) is 93.6 cm³/mol. The molecule has 3 rings (SSSR count). The molecule has 0 saturated carbocycles. The Balaban J connectivity index is 1.96. The molecule has 0 aliphatic heterocycles. The van der Waals surface area contributed by atoms with Crippen LogP contribution in [0.15, 0.2) is 47.4 Å². The minimum Gasteiger partial charge on any atom is -0.273 e. The first kappa shape index (κ1) is 17.0. The first-order chi connectivity index (χ1) is 11.3. The van der Waals surface area contributed by atoms with Crippen molar-refractivity contribution in [3.8, 4) is 0 Å². The van der Waals surface area contributed by atoms with E-state index >= 15 is 0 Å². The summed E-state index contributed by atoms with van der Waals surface area (Å²) in [6, 6.07) is 12.1. The third-order valence-corrected chi connectivity index (χ3v) is 6.46. The molecule has 0 heterocycles. The van der Waals surface area contributed by atoms with Gasteiger partial charge >= 0.3 is 0 Å². The monoisotopic (exact) mass is 363 g/mol. The molecule has 1 unspecified atom stereocenters. The van der Waals surface area contributed by atoms with Crippen LogP contribution in [0.4, 0.5) is 0 Å². The van der Waals surface area contributed by atoms with E-state index in [1.54, 1.807) is 38.1 Å². The highest BCUT2D eigenvalue weighted by molar-refractivity contribution is 7.90. The maximum atomic E-state index is 12.8. The molecule has 0 fully saturated rings. The van der Waals surface area contributed by atoms with Gasteiger partial charge in [-0.3, -0.25) is 4.79 Å². The lowest BCUT2D eigenvalue weighted by Crippen LogP contribution is -2.44. The molecule has 2 aromatic rings. The van der Waals surface area contributed by atoms with Gasteiger partial charge in [0.15, 0.2) is 0 Å². The van der Waals surface area contributed by atoms with E-state index in [-0.39, 0.29) is 4.90 Å². The number of nitrogens with one attached hydrogen (secondary N) is 1. The smallest absolute Gasteiger partial charge is 0.264 e. The molecule has 6 heteroatoms. The van der Waals surface area contributed by atoms with E-state index in [2.05, 4.69) is 4.72 Å². The lowest BCUT2D eigenvalue weighted by atomic mass is 9.83. The van der Waals surface area contributed by atoms with Crippen LogP contribution in [0.5, 0.6) is 0 Å². The van der Waals surface area contributed by atoms with E-state index in [0.29, 0.717) is 23.4 Å². The second kappa shape index (κ2) is 5.90. The number of hydrogen-bond acceptors (Lipinski definition) is 3. The van der Waals surface area contributed by atoms with Crippen molar-refractivity contribution >= 4 is 27.5 Å². The van der Waals surface area contributed by atoms with E-state index in [1.807, 2.05) is 12.1 Å². The number of hydrogen-bond donors (Lipinski definition) is 1. The molecule has 1 aliphatic rings. The van der Waals surface area contributed by atoms with Crippen molar-refractivity contribution in [1.29, 1.82) is 0 Å². The number of carbonyl (C=O) groups is 1. The largest absolute Gasteiger partial charge is 0.273 e. The van der Waals surface area contributed by atoms with E-state index in [0.717, 1.165) is 11.1 Å². The Bertz CT molecular complexity index is 924. The highest BCUT2D eigenvalue weighted by atomic mass is 35.5. The van der Waals surface area contributed by atoms with Crippen LogP contribution >= 0.6 is 11.6 Å². The van der Waals surface area contributed by atoms with Crippen molar-refractivity contribution in [3.63, 3.8) is 0 Å². The van der Waals surface area contributed by atoms with Crippen LogP contribution in [-0.4, -0.2) is 14.3 Å². The molecule has 24 heavy (non-hydrogen) atoms. The third-order valence-electron chi connectivity index (χ3n) is 4.66. The average Bonchev–Trinajstić information content (AvgIpc) is 2.87. The minimum absolute atomic E-state index is 0.110. The fraction of sp³-hybridized carbons (Fsp3) is 0.278. The van der Waals surface area contributed by atoms with E-state index < -0.39 is 21.3 Å². The normalized spacial score (nSPS) is 19.8. The van der Waals surface area contributed by atoms with E-state index in [4.69, 9.17) is 11.6 Å². The van der Waals surface area contributed by atoms with Crippen LogP contribution < -0.4 is 4.72 Å². The first-order valence-electron chi connectivity index (χ1n) is 7.66. The van der Waals surface area contributed by atoms with Gasteiger partial charge in [-0.15, -0.1) is 0 Å². The van der Waals surface area contributed by atoms with Gasteiger partial charge in [0.2, 0.25) is 5.91 Å². The Morgan fingerprint density at radius 3 is 2.58 bits per heavy atom. The van der Waals surface area contributed by atoms with Crippen molar-refractivity contribution in [1.82, 2.24) is 4.72 Å². The molecule has 0 bridgehead atoms. The maximum Gasteiger partial charge on any atom is 0.264 e. The van der Waals surface area contributed by atoms with Gasteiger partial charge in [-0.25, -0.2) is 13.1 Å². The zero-order valence-corrected chi connectivity index (χ0v) is 15.0. The Morgan fingerprint density at radius 2 is 1.88 bits per heavy atom. The number of rotatable bonds is 3. The van der Waals surface area contributed by atoms with Crippen LogP contribution in [0.2, 0.25) is 5.02 Å². The summed E-state index contributed by atoms with van der Waals surface area (Å²) in [5.41, 5.74) is 1.36. The quantitative estimate of drug-likeness (QED) is 0.909. The molecule has 0 aromatic heterocycles. The predicted octanol–water partition coefficient (Wildman–Crippen LogP) is 3.36. The summed E-state index contributed by atoms with van der Waals surface area (Å²) in [4.78, 5) is 12.9. The first-order valence-corrected chi connectivity index (χ1v) is 9.52. The summed E-state index contributed by atoms with van der Waals surface area (Å²) in [7, 11) is -3.92. The molecule has 0 saturated heterocycles. The zero-order chi connectivity index (χ0) is 17.5. The van der Waals surface area contributed by atoms with Gasteiger partial charge < -0.3 is 0 Å². The van der Waals surface area contributed by atoms with Gasteiger partial charge in [-0.2, -0.15) is 0 Å². The van der Waals surface area contributed by atoms with Crippen molar-refractivity contribution in [2.45, 2.75) is 37.0 Å². The van der Waals surface area contributed by atoms with Crippen molar-refractivity contribution in [3.05, 3.63) is 64.2 Å². The number of halogens is 1. The molecule has 1 N–H and O–H groups in total. The summed E-state index contributed by atoms with van der Waals surface area (Å²) >= 11 is 6.28. The third kappa shape index (κ3) is 2.72. The molecule has 126 valence electrons. The van der Waals surface area contributed by atoms with Crippen LogP contribution in [0.25, 0.3) is 0 Å². The second-order valence-corrected chi connectivity index (χ2v) is 8.36. The van der Waals surface area contributed by atoms with Crippen LogP contribution in [0.1, 0.15) is 30.0 Å². The molecule has 2 aromatic carbocycles. The number of sulfonamides is 1. The molecule has 4 nitrogen and oxygen atoms in total. The summed E-state index contributed by atoms with van der Waals surface area (Å²) in [5.74, 6) is -0.544. The highest BCUT2D eigenvalue weighted by Crippen LogP contribution is 2.43. The van der Waals surface area contributed by atoms with Gasteiger partial charge in [0.05, 0.1) is 10.3 Å². The molecular weight excluding hydrogens is 346 g/mol. The summed E-state index contributed by atoms with van der Waals surface area (Å²) in [6.45, 7) is 3.44.